The maximum atomic E-state index is 12.9. The molecule has 42 heavy (non-hydrogen) atoms. The second-order valence-corrected chi connectivity index (χ2v) is 13.0. The molecule has 2 aromatic carbocycles. The first kappa shape index (κ1) is 31.2. The van der Waals surface area contributed by atoms with Crippen LogP contribution in [0.25, 0.3) is 0 Å². The smallest absolute Gasteiger partial charge is 0.247 e. The number of aromatic nitrogens is 2. The SMILES string of the molecule is C=CC(=O)Nc1cc(Nc2ncc(Cl)c(Nc3ccccc3S(=O)(=O)C(C)C)n2)c(C)cc1N1CCN(CCF)CC1. The third-order valence-corrected chi connectivity index (χ3v) is 9.44. The van der Waals surface area contributed by atoms with E-state index in [4.69, 9.17) is 11.6 Å². The molecule has 1 saturated heterocycles. The third-order valence-electron chi connectivity index (χ3n) is 6.96. The van der Waals surface area contributed by atoms with Crippen molar-refractivity contribution in [3.8, 4) is 0 Å². The molecule has 4 rings (SSSR count). The number of aryl methyl sites for hydroxylation is 1. The van der Waals surface area contributed by atoms with Crippen LogP contribution in [0.5, 0.6) is 0 Å². The van der Waals surface area contributed by atoms with Gasteiger partial charge in [0.2, 0.25) is 11.9 Å². The number of halogens is 2. The van der Waals surface area contributed by atoms with Crippen LogP contribution in [0.4, 0.5) is 38.9 Å². The molecule has 224 valence electrons. The van der Waals surface area contributed by atoms with Crippen molar-refractivity contribution in [1.82, 2.24) is 14.9 Å². The number of anilines is 6. The molecule has 13 heteroatoms. The van der Waals surface area contributed by atoms with Gasteiger partial charge < -0.3 is 20.9 Å². The first-order valence-electron chi connectivity index (χ1n) is 13.5. The van der Waals surface area contributed by atoms with Gasteiger partial charge in [-0.1, -0.05) is 30.3 Å². The van der Waals surface area contributed by atoms with Crippen molar-refractivity contribution in [2.75, 3.05) is 60.2 Å². The highest BCUT2D eigenvalue weighted by Crippen LogP contribution is 2.35. The molecule has 3 aromatic rings. The van der Waals surface area contributed by atoms with Crippen LogP contribution in [0, 0.1) is 6.92 Å². The van der Waals surface area contributed by atoms with Gasteiger partial charge in [-0.25, -0.2) is 17.8 Å². The minimum atomic E-state index is -3.57. The number of benzene rings is 2. The summed E-state index contributed by atoms with van der Waals surface area (Å²) < 4.78 is 38.6. The van der Waals surface area contributed by atoms with Crippen molar-refractivity contribution in [1.29, 1.82) is 0 Å². The van der Waals surface area contributed by atoms with Gasteiger partial charge in [0, 0.05) is 38.4 Å². The third kappa shape index (κ3) is 7.18. The van der Waals surface area contributed by atoms with Crippen LogP contribution >= 0.6 is 11.6 Å². The Morgan fingerprint density at radius 3 is 2.50 bits per heavy atom. The second-order valence-electron chi connectivity index (χ2n) is 10.1. The summed E-state index contributed by atoms with van der Waals surface area (Å²) in [6, 6.07) is 10.3. The molecule has 0 atom stereocenters. The van der Waals surface area contributed by atoms with E-state index in [1.807, 2.05) is 13.0 Å². The first-order valence-corrected chi connectivity index (χ1v) is 15.5. The first-order chi connectivity index (χ1) is 20.0. The highest BCUT2D eigenvalue weighted by molar-refractivity contribution is 7.92. The molecule has 0 saturated carbocycles. The van der Waals surface area contributed by atoms with Gasteiger partial charge in [-0.15, -0.1) is 0 Å². The lowest BCUT2D eigenvalue weighted by atomic mass is 10.1. The summed E-state index contributed by atoms with van der Waals surface area (Å²) >= 11 is 6.39. The van der Waals surface area contributed by atoms with E-state index in [2.05, 4.69) is 42.3 Å². The zero-order chi connectivity index (χ0) is 30.4. The number of amides is 1. The number of para-hydroxylation sites is 1. The molecule has 1 fully saturated rings. The molecule has 0 spiro atoms. The summed E-state index contributed by atoms with van der Waals surface area (Å²) in [7, 11) is -3.57. The van der Waals surface area contributed by atoms with Crippen molar-refractivity contribution in [2.45, 2.75) is 30.9 Å². The van der Waals surface area contributed by atoms with E-state index in [0.717, 1.165) is 11.3 Å². The molecule has 10 nitrogen and oxygen atoms in total. The van der Waals surface area contributed by atoms with Crippen molar-refractivity contribution < 1.29 is 17.6 Å². The van der Waals surface area contributed by atoms with Crippen molar-refractivity contribution >= 4 is 61.9 Å². The van der Waals surface area contributed by atoms with Gasteiger partial charge >= 0.3 is 0 Å². The van der Waals surface area contributed by atoms with Gasteiger partial charge in [0.1, 0.15) is 11.7 Å². The summed E-state index contributed by atoms with van der Waals surface area (Å²) in [5.74, 6) is 0.0790. The lowest BCUT2D eigenvalue weighted by molar-refractivity contribution is -0.111. The van der Waals surface area contributed by atoms with Crippen LogP contribution < -0.4 is 20.9 Å². The maximum Gasteiger partial charge on any atom is 0.247 e. The topological polar surface area (TPSA) is 120 Å². The molecule has 0 radical (unpaired) electrons. The minimum Gasteiger partial charge on any atom is -0.367 e. The van der Waals surface area contributed by atoms with Gasteiger partial charge in [0.15, 0.2) is 15.7 Å². The summed E-state index contributed by atoms with van der Waals surface area (Å²) in [5, 5.41) is 8.72. The molecular formula is C29H35ClFN7O3S. The number of rotatable bonds is 11. The Labute approximate surface area is 250 Å². The number of carbonyl (C=O) groups excluding carboxylic acids is 1. The average molecular weight is 616 g/mol. The monoisotopic (exact) mass is 615 g/mol. The quantitative estimate of drug-likeness (QED) is 0.246. The Morgan fingerprint density at radius 1 is 1.12 bits per heavy atom. The van der Waals surface area contributed by atoms with Gasteiger partial charge in [-0.3, -0.25) is 9.69 Å². The summed E-state index contributed by atoms with van der Waals surface area (Å²) in [4.78, 5) is 25.5. The largest absolute Gasteiger partial charge is 0.367 e. The Hall–Kier alpha value is -3.74. The predicted molar refractivity (Wildman–Crippen MR) is 167 cm³/mol. The van der Waals surface area contributed by atoms with E-state index in [1.165, 1.54) is 18.3 Å². The molecule has 1 amide bonds. The van der Waals surface area contributed by atoms with Crippen LogP contribution in [-0.2, 0) is 14.6 Å². The average Bonchev–Trinajstić information content (AvgIpc) is 2.97. The fourth-order valence-corrected chi connectivity index (χ4v) is 5.88. The molecule has 3 N–H and O–H groups in total. The van der Waals surface area contributed by atoms with Crippen LogP contribution in [0.3, 0.4) is 0 Å². The Kier molecular flexibility index (Phi) is 10.0. The van der Waals surface area contributed by atoms with E-state index in [-0.39, 0.29) is 34.3 Å². The van der Waals surface area contributed by atoms with E-state index in [0.29, 0.717) is 49.8 Å². The van der Waals surface area contributed by atoms with E-state index in [1.54, 1.807) is 38.1 Å². The number of piperazine rings is 1. The van der Waals surface area contributed by atoms with E-state index >= 15 is 0 Å². The molecule has 1 aliphatic heterocycles. The summed E-state index contributed by atoms with van der Waals surface area (Å²) in [6.07, 6.45) is 2.62. The second kappa shape index (κ2) is 13.5. The number of nitrogens with zero attached hydrogens (tertiary/aromatic N) is 4. The molecular weight excluding hydrogens is 581 g/mol. The maximum absolute atomic E-state index is 12.9. The standard InChI is InChI=1S/C29H35ClFN7O3S/c1-5-27(39)33-24-17-23(20(4)16-25(24)38-14-12-37(11-10-31)13-15-38)35-29-32-18-21(30)28(36-29)34-22-8-6-7-9-26(22)42(40,41)19(2)3/h5-9,16-19H,1,10-15H2,2-4H3,(H,33,39)(H2,32,34,35,36). The summed E-state index contributed by atoms with van der Waals surface area (Å²) in [6.45, 7) is 11.6. The fraction of sp³-hybridized carbons (Fsp3) is 0.345. The number of alkyl halides is 1. The van der Waals surface area contributed by atoms with Gasteiger partial charge in [-0.2, -0.15) is 4.98 Å². The summed E-state index contributed by atoms with van der Waals surface area (Å²) in [5.41, 5.74) is 3.28. The number of nitrogens with one attached hydrogen (secondary N) is 3. The van der Waals surface area contributed by atoms with Crippen molar-refractivity contribution in [2.24, 2.45) is 0 Å². The van der Waals surface area contributed by atoms with E-state index < -0.39 is 15.1 Å². The number of hydrogen-bond donors (Lipinski definition) is 3. The van der Waals surface area contributed by atoms with Gasteiger partial charge in [-0.05, 0) is 56.7 Å². The lowest BCUT2D eigenvalue weighted by Crippen LogP contribution is -2.47. The van der Waals surface area contributed by atoms with Gasteiger partial charge in [0.25, 0.3) is 0 Å². The normalized spacial score (nSPS) is 14.1. The number of sulfone groups is 1. The lowest BCUT2D eigenvalue weighted by Gasteiger charge is -2.37. The van der Waals surface area contributed by atoms with Crippen LogP contribution in [0.2, 0.25) is 5.02 Å². The zero-order valence-corrected chi connectivity index (χ0v) is 25.4. The predicted octanol–water partition coefficient (Wildman–Crippen LogP) is 5.32. The fourth-order valence-electron chi connectivity index (χ4n) is 4.54. The Balaban J connectivity index is 1.63. The van der Waals surface area contributed by atoms with Crippen molar-refractivity contribution in [3.63, 3.8) is 0 Å². The number of hydrogen-bond acceptors (Lipinski definition) is 9. The van der Waals surface area contributed by atoms with Gasteiger partial charge in [0.05, 0.1) is 33.4 Å². The molecule has 2 heterocycles. The van der Waals surface area contributed by atoms with Crippen LogP contribution in [0.1, 0.15) is 19.4 Å². The molecule has 0 aliphatic carbocycles. The van der Waals surface area contributed by atoms with Crippen LogP contribution in [0.15, 0.2) is 60.1 Å². The molecule has 1 aromatic heterocycles. The highest BCUT2D eigenvalue weighted by Gasteiger charge is 2.24. The Morgan fingerprint density at radius 2 is 1.83 bits per heavy atom. The molecule has 0 bridgehead atoms. The highest BCUT2D eigenvalue weighted by atomic mass is 35.5. The molecule has 0 unspecified atom stereocenters. The Bertz CT molecular complexity index is 1560. The zero-order valence-electron chi connectivity index (χ0n) is 23.8. The number of carbonyl (C=O) groups is 1. The molecule has 1 aliphatic rings. The van der Waals surface area contributed by atoms with Crippen LogP contribution in [-0.4, -0.2) is 73.8 Å². The van der Waals surface area contributed by atoms with E-state index in [9.17, 15) is 17.6 Å². The minimum absolute atomic E-state index is 0.142. The van der Waals surface area contributed by atoms with Crippen molar-refractivity contribution in [3.05, 3.63) is 65.8 Å².